The van der Waals surface area contributed by atoms with E-state index in [0.717, 1.165) is 36.3 Å². The van der Waals surface area contributed by atoms with Crippen molar-refractivity contribution >= 4 is 11.1 Å². The highest BCUT2D eigenvalue weighted by Crippen LogP contribution is 2.15. The van der Waals surface area contributed by atoms with Crippen LogP contribution in [0.5, 0.6) is 0 Å². The van der Waals surface area contributed by atoms with Gasteiger partial charge in [0.05, 0.1) is 11.9 Å². The topological polar surface area (TPSA) is 68.8 Å². The molecule has 6 heteroatoms. The van der Waals surface area contributed by atoms with Gasteiger partial charge < -0.3 is 9.73 Å². The molecule has 0 radical (unpaired) electrons. The van der Waals surface area contributed by atoms with Crippen LogP contribution in [0.1, 0.15) is 24.9 Å². The minimum absolute atomic E-state index is 0.495. The number of rotatable bonds is 6. The van der Waals surface area contributed by atoms with Crippen LogP contribution in [0.4, 0.5) is 0 Å². The number of nitrogens with one attached hydrogen (secondary N) is 1. The zero-order valence-corrected chi connectivity index (χ0v) is 11.4. The summed E-state index contributed by atoms with van der Waals surface area (Å²) in [7, 11) is 0. The smallest absolute Gasteiger partial charge is 0.217 e. The highest BCUT2D eigenvalue weighted by molar-refractivity contribution is 5.72. The number of nitrogens with zero attached hydrogens (tertiary/aromatic N) is 4. The summed E-state index contributed by atoms with van der Waals surface area (Å²) < 4.78 is 7.41. The van der Waals surface area contributed by atoms with Crippen molar-refractivity contribution in [3.05, 3.63) is 42.0 Å². The molecule has 2 aromatic heterocycles. The number of aromatic nitrogens is 4. The van der Waals surface area contributed by atoms with Gasteiger partial charge in [0.1, 0.15) is 12.1 Å². The van der Waals surface area contributed by atoms with Crippen molar-refractivity contribution in [1.29, 1.82) is 0 Å². The Bertz CT molecular complexity index is 655. The summed E-state index contributed by atoms with van der Waals surface area (Å²) >= 11 is 0. The molecule has 0 fully saturated rings. The van der Waals surface area contributed by atoms with Crippen LogP contribution in [0.15, 0.2) is 34.9 Å². The Hall–Kier alpha value is -2.21. The minimum Gasteiger partial charge on any atom is -0.439 e. The third kappa shape index (κ3) is 2.85. The van der Waals surface area contributed by atoms with E-state index in [-0.39, 0.29) is 0 Å². The van der Waals surface area contributed by atoms with Crippen LogP contribution in [0.2, 0.25) is 0 Å². The number of oxazole rings is 1. The molecule has 0 spiro atoms. The van der Waals surface area contributed by atoms with E-state index in [1.165, 1.54) is 0 Å². The van der Waals surface area contributed by atoms with Gasteiger partial charge >= 0.3 is 0 Å². The lowest BCUT2D eigenvalue weighted by Gasteiger charge is -1.97. The van der Waals surface area contributed by atoms with Crippen molar-refractivity contribution in [3.8, 4) is 0 Å². The first kappa shape index (κ1) is 12.8. The Labute approximate surface area is 116 Å². The lowest BCUT2D eigenvalue weighted by Crippen LogP contribution is -2.13. The van der Waals surface area contributed by atoms with Gasteiger partial charge in [0.2, 0.25) is 5.89 Å². The summed E-state index contributed by atoms with van der Waals surface area (Å²) in [5, 5.41) is 11.5. The molecule has 0 atom stereocenters. The fourth-order valence-electron chi connectivity index (χ4n) is 2.02. The molecule has 2 heterocycles. The SMILES string of the molecule is CCCNCc1cn(Cc2nc3ccccc3o2)nn1. The molecule has 104 valence electrons. The Morgan fingerprint density at radius 1 is 1.30 bits per heavy atom. The lowest BCUT2D eigenvalue weighted by atomic mass is 10.3. The fourth-order valence-corrected chi connectivity index (χ4v) is 2.02. The van der Waals surface area contributed by atoms with Crippen molar-refractivity contribution in [3.63, 3.8) is 0 Å². The average molecular weight is 271 g/mol. The molecule has 0 saturated heterocycles. The molecule has 3 rings (SSSR count). The molecular formula is C14H17N5O. The predicted molar refractivity (Wildman–Crippen MR) is 75.1 cm³/mol. The largest absolute Gasteiger partial charge is 0.439 e. The summed E-state index contributed by atoms with van der Waals surface area (Å²) in [5.74, 6) is 0.643. The molecule has 6 nitrogen and oxygen atoms in total. The normalized spacial score (nSPS) is 11.2. The first-order chi connectivity index (χ1) is 9.85. The van der Waals surface area contributed by atoms with Gasteiger partial charge in [-0.15, -0.1) is 5.10 Å². The van der Waals surface area contributed by atoms with Crippen molar-refractivity contribution in [1.82, 2.24) is 25.3 Å². The number of benzene rings is 1. The number of fused-ring (bicyclic) bond motifs is 1. The fraction of sp³-hybridized carbons (Fsp3) is 0.357. The molecule has 0 unspecified atom stereocenters. The minimum atomic E-state index is 0.495. The first-order valence-corrected chi connectivity index (χ1v) is 6.79. The molecule has 3 aromatic rings. The van der Waals surface area contributed by atoms with Gasteiger partial charge in [-0.2, -0.15) is 0 Å². The van der Waals surface area contributed by atoms with E-state index in [0.29, 0.717) is 12.4 Å². The number of hydrogen-bond donors (Lipinski definition) is 1. The molecule has 0 aliphatic heterocycles. The van der Waals surface area contributed by atoms with E-state index in [4.69, 9.17) is 4.42 Å². The maximum Gasteiger partial charge on any atom is 0.217 e. The van der Waals surface area contributed by atoms with Gasteiger partial charge in [0, 0.05) is 6.54 Å². The zero-order valence-electron chi connectivity index (χ0n) is 11.4. The molecule has 0 bridgehead atoms. The maximum absolute atomic E-state index is 5.66. The van der Waals surface area contributed by atoms with Gasteiger partial charge in [0.15, 0.2) is 5.58 Å². The summed E-state index contributed by atoms with van der Waals surface area (Å²) in [6.07, 6.45) is 3.02. The Morgan fingerprint density at radius 2 is 2.20 bits per heavy atom. The van der Waals surface area contributed by atoms with Crippen LogP contribution in [-0.2, 0) is 13.1 Å². The van der Waals surface area contributed by atoms with Crippen LogP contribution >= 0.6 is 0 Å². The number of para-hydroxylation sites is 2. The summed E-state index contributed by atoms with van der Waals surface area (Å²) in [6.45, 7) is 4.35. The predicted octanol–water partition coefficient (Wildman–Crippen LogP) is 1.97. The van der Waals surface area contributed by atoms with E-state index in [2.05, 4.69) is 27.5 Å². The van der Waals surface area contributed by atoms with E-state index in [1.807, 2.05) is 30.5 Å². The maximum atomic E-state index is 5.66. The number of hydrogen-bond acceptors (Lipinski definition) is 5. The van der Waals surface area contributed by atoms with Crippen LogP contribution in [0.25, 0.3) is 11.1 Å². The van der Waals surface area contributed by atoms with Crippen LogP contribution in [0, 0.1) is 0 Å². The summed E-state index contributed by atoms with van der Waals surface area (Å²) in [6, 6.07) is 7.73. The summed E-state index contributed by atoms with van der Waals surface area (Å²) in [5.41, 5.74) is 2.59. The van der Waals surface area contributed by atoms with E-state index >= 15 is 0 Å². The molecule has 0 saturated carbocycles. The Morgan fingerprint density at radius 3 is 3.05 bits per heavy atom. The molecule has 0 aliphatic carbocycles. The highest BCUT2D eigenvalue weighted by atomic mass is 16.3. The van der Waals surface area contributed by atoms with Crippen molar-refractivity contribution in [2.24, 2.45) is 0 Å². The molecule has 0 aliphatic rings. The molecule has 20 heavy (non-hydrogen) atoms. The lowest BCUT2D eigenvalue weighted by molar-refractivity contribution is 0.485. The molecular weight excluding hydrogens is 254 g/mol. The highest BCUT2D eigenvalue weighted by Gasteiger charge is 2.07. The van der Waals surface area contributed by atoms with E-state index in [9.17, 15) is 0 Å². The first-order valence-electron chi connectivity index (χ1n) is 6.79. The monoisotopic (exact) mass is 271 g/mol. The zero-order chi connectivity index (χ0) is 13.8. The van der Waals surface area contributed by atoms with Gasteiger partial charge in [-0.05, 0) is 25.1 Å². The third-order valence-corrected chi connectivity index (χ3v) is 2.95. The standard InChI is InChI=1S/C14H17N5O/c1-2-7-15-8-11-9-19(18-17-11)10-14-16-12-5-3-4-6-13(12)20-14/h3-6,9,15H,2,7-8,10H2,1H3. The quantitative estimate of drug-likeness (QED) is 0.694. The third-order valence-electron chi connectivity index (χ3n) is 2.95. The summed E-state index contributed by atoms with van der Waals surface area (Å²) in [4.78, 5) is 4.42. The van der Waals surface area contributed by atoms with Crippen molar-refractivity contribution in [2.75, 3.05) is 6.54 Å². The second kappa shape index (κ2) is 5.83. The van der Waals surface area contributed by atoms with Gasteiger partial charge in [-0.25, -0.2) is 9.67 Å². The Kier molecular flexibility index (Phi) is 3.73. The van der Waals surface area contributed by atoms with Crippen LogP contribution in [0.3, 0.4) is 0 Å². The van der Waals surface area contributed by atoms with Crippen molar-refractivity contribution < 1.29 is 4.42 Å². The van der Waals surface area contributed by atoms with Gasteiger partial charge in [-0.3, -0.25) is 0 Å². The average Bonchev–Trinajstić information content (AvgIpc) is 3.05. The van der Waals surface area contributed by atoms with E-state index < -0.39 is 0 Å². The second-order valence-electron chi connectivity index (χ2n) is 4.66. The molecule has 1 N–H and O–H groups in total. The van der Waals surface area contributed by atoms with Gasteiger partial charge in [0.25, 0.3) is 0 Å². The van der Waals surface area contributed by atoms with E-state index in [1.54, 1.807) is 4.68 Å². The molecule has 0 amide bonds. The van der Waals surface area contributed by atoms with Gasteiger partial charge in [-0.1, -0.05) is 24.3 Å². The van der Waals surface area contributed by atoms with Crippen LogP contribution < -0.4 is 5.32 Å². The second-order valence-corrected chi connectivity index (χ2v) is 4.66. The molecule has 1 aromatic carbocycles. The Balaban J connectivity index is 1.68. The van der Waals surface area contributed by atoms with Crippen molar-refractivity contribution in [2.45, 2.75) is 26.4 Å². The van der Waals surface area contributed by atoms with Crippen LogP contribution in [-0.4, -0.2) is 26.5 Å².